The molecule has 1 aliphatic carbocycles. The van der Waals surface area contributed by atoms with Crippen molar-refractivity contribution in [3.05, 3.63) is 29.3 Å². The van der Waals surface area contributed by atoms with Gasteiger partial charge in [0.1, 0.15) is 5.82 Å². The highest BCUT2D eigenvalue weighted by molar-refractivity contribution is 5.78. The van der Waals surface area contributed by atoms with E-state index in [0.29, 0.717) is 12.5 Å². The molecule has 1 aliphatic heterocycles. The third-order valence-electron chi connectivity index (χ3n) is 5.44. The molecule has 2 unspecified atom stereocenters. The monoisotopic (exact) mass is 352 g/mol. The molecule has 3 rings (SSSR count). The van der Waals surface area contributed by atoms with Crippen molar-refractivity contribution in [3.63, 3.8) is 0 Å². The van der Waals surface area contributed by atoms with Crippen molar-refractivity contribution in [1.82, 2.24) is 10.6 Å². The lowest BCUT2D eigenvalue weighted by Gasteiger charge is -2.22. The average Bonchev–Trinajstić information content (AvgIpc) is 3.39. The normalized spacial score (nSPS) is 23.3. The van der Waals surface area contributed by atoms with E-state index < -0.39 is 11.6 Å². The fraction of sp³-hybridized carbons (Fsp3) is 0.632. The van der Waals surface area contributed by atoms with Gasteiger partial charge in [0, 0.05) is 18.7 Å². The molecule has 25 heavy (non-hydrogen) atoms. The lowest BCUT2D eigenvalue weighted by Crippen LogP contribution is -2.29. The van der Waals surface area contributed by atoms with Gasteiger partial charge in [-0.3, -0.25) is 4.79 Å². The number of nitrogens with one attached hydrogen (secondary N) is 2. The Labute approximate surface area is 147 Å². The van der Waals surface area contributed by atoms with E-state index in [-0.39, 0.29) is 23.6 Å². The van der Waals surface area contributed by atoms with Crippen LogP contribution in [-0.2, 0) is 11.2 Å². The lowest BCUT2D eigenvalue weighted by atomic mass is 9.91. The van der Waals surface area contributed by atoms with Crippen LogP contribution < -0.4 is 15.4 Å². The Bertz CT molecular complexity index is 618. The van der Waals surface area contributed by atoms with Gasteiger partial charge in [0.15, 0.2) is 11.6 Å². The van der Waals surface area contributed by atoms with Gasteiger partial charge in [-0.2, -0.15) is 0 Å². The maximum atomic E-state index is 14.1. The van der Waals surface area contributed by atoms with Crippen molar-refractivity contribution in [2.75, 3.05) is 26.7 Å². The van der Waals surface area contributed by atoms with Crippen molar-refractivity contribution in [2.45, 2.75) is 32.1 Å². The van der Waals surface area contributed by atoms with Gasteiger partial charge in [-0.05, 0) is 62.6 Å². The van der Waals surface area contributed by atoms with Gasteiger partial charge in [0.2, 0.25) is 5.91 Å². The molecule has 0 radical (unpaired) electrons. The number of halogens is 2. The zero-order valence-corrected chi connectivity index (χ0v) is 14.6. The Morgan fingerprint density at radius 3 is 2.76 bits per heavy atom. The van der Waals surface area contributed by atoms with Crippen LogP contribution in [0.1, 0.15) is 31.2 Å². The maximum Gasteiger partial charge on any atom is 0.224 e. The second-order valence-electron chi connectivity index (χ2n) is 7.11. The molecule has 2 aliphatic rings. The molecule has 2 fully saturated rings. The number of amides is 1. The lowest BCUT2D eigenvalue weighted by molar-refractivity contribution is -0.120. The molecule has 0 aromatic heterocycles. The van der Waals surface area contributed by atoms with E-state index >= 15 is 0 Å². The van der Waals surface area contributed by atoms with Crippen molar-refractivity contribution in [3.8, 4) is 5.75 Å². The van der Waals surface area contributed by atoms with Crippen molar-refractivity contribution in [1.29, 1.82) is 0 Å². The summed E-state index contributed by atoms with van der Waals surface area (Å²) in [5.74, 6) is 0.585. The fourth-order valence-corrected chi connectivity index (χ4v) is 3.85. The quantitative estimate of drug-likeness (QED) is 0.793. The van der Waals surface area contributed by atoms with Crippen molar-refractivity contribution in [2.24, 2.45) is 17.8 Å². The molecule has 1 saturated carbocycles. The fourth-order valence-electron chi connectivity index (χ4n) is 3.85. The molecule has 138 valence electrons. The molecular weight excluding hydrogens is 326 g/mol. The van der Waals surface area contributed by atoms with Crippen LogP contribution in [0.15, 0.2) is 12.1 Å². The number of hydrogen-bond acceptors (Lipinski definition) is 3. The largest absolute Gasteiger partial charge is 0.490 e. The summed E-state index contributed by atoms with van der Waals surface area (Å²) in [5, 5.41) is 5.78. The minimum atomic E-state index is -0.619. The number of hydrogen-bond donors (Lipinski definition) is 2. The third kappa shape index (κ3) is 4.69. The molecule has 2 atom stereocenters. The molecule has 1 aromatic rings. The van der Waals surface area contributed by atoms with Gasteiger partial charge in [-0.15, -0.1) is 0 Å². The van der Waals surface area contributed by atoms with E-state index in [1.54, 1.807) is 0 Å². The van der Waals surface area contributed by atoms with Gasteiger partial charge in [0.25, 0.3) is 0 Å². The minimum absolute atomic E-state index is 0.0392. The molecule has 6 heteroatoms. The number of piperidine rings is 1. The predicted molar refractivity (Wildman–Crippen MR) is 91.4 cm³/mol. The first-order valence-corrected chi connectivity index (χ1v) is 9.10. The van der Waals surface area contributed by atoms with E-state index in [9.17, 15) is 13.6 Å². The topological polar surface area (TPSA) is 50.4 Å². The SMILES string of the molecule is CNC(=O)Cc1cc(F)c(OCCC2CC2C2CCNCC2)cc1F. The Hall–Kier alpha value is -1.69. The van der Waals surface area contributed by atoms with Gasteiger partial charge in [-0.1, -0.05) is 0 Å². The molecule has 0 bridgehead atoms. The van der Waals surface area contributed by atoms with E-state index in [1.807, 2.05) is 0 Å². The molecule has 1 amide bonds. The summed E-state index contributed by atoms with van der Waals surface area (Å²) in [6.07, 6.45) is 4.43. The van der Waals surface area contributed by atoms with Crippen molar-refractivity contribution >= 4 is 5.91 Å². The molecule has 1 heterocycles. The van der Waals surface area contributed by atoms with Crippen LogP contribution in [0.2, 0.25) is 0 Å². The standard InChI is InChI=1S/C19H26F2N2O2/c1-22-19(24)10-14-9-17(21)18(11-16(14)20)25-7-4-13-8-15(13)12-2-5-23-6-3-12/h9,11-13,15,23H,2-8,10H2,1H3,(H,22,24). The van der Waals surface area contributed by atoms with Crippen LogP contribution in [0.5, 0.6) is 5.75 Å². The van der Waals surface area contributed by atoms with E-state index in [0.717, 1.165) is 43.5 Å². The molecule has 1 saturated heterocycles. The zero-order valence-electron chi connectivity index (χ0n) is 14.6. The highest BCUT2D eigenvalue weighted by Crippen LogP contribution is 2.49. The molecule has 2 N–H and O–H groups in total. The van der Waals surface area contributed by atoms with Crippen LogP contribution in [-0.4, -0.2) is 32.7 Å². The number of benzene rings is 1. The van der Waals surface area contributed by atoms with Crippen LogP contribution >= 0.6 is 0 Å². The van der Waals surface area contributed by atoms with E-state index in [1.165, 1.54) is 26.3 Å². The number of ether oxygens (including phenoxy) is 1. The third-order valence-corrected chi connectivity index (χ3v) is 5.44. The van der Waals surface area contributed by atoms with Crippen LogP contribution in [0, 0.1) is 29.4 Å². The Balaban J connectivity index is 1.47. The first-order valence-electron chi connectivity index (χ1n) is 9.10. The zero-order chi connectivity index (χ0) is 17.8. The van der Waals surface area contributed by atoms with E-state index in [2.05, 4.69) is 10.6 Å². The first-order chi connectivity index (χ1) is 12.1. The second-order valence-corrected chi connectivity index (χ2v) is 7.11. The summed E-state index contributed by atoms with van der Waals surface area (Å²) in [6, 6.07) is 2.10. The summed E-state index contributed by atoms with van der Waals surface area (Å²) in [6.45, 7) is 2.62. The molecular formula is C19H26F2N2O2. The van der Waals surface area contributed by atoms with Crippen LogP contribution in [0.4, 0.5) is 8.78 Å². The summed E-state index contributed by atoms with van der Waals surface area (Å²) >= 11 is 0. The Morgan fingerprint density at radius 1 is 1.28 bits per heavy atom. The van der Waals surface area contributed by atoms with Gasteiger partial charge >= 0.3 is 0 Å². The maximum absolute atomic E-state index is 14.1. The number of likely N-dealkylation sites (N-methyl/N-ethyl adjacent to an activating group) is 1. The first kappa shape index (κ1) is 18.1. The Morgan fingerprint density at radius 2 is 2.04 bits per heavy atom. The molecule has 4 nitrogen and oxygen atoms in total. The summed E-state index contributed by atoms with van der Waals surface area (Å²) in [5.41, 5.74) is 0.0392. The number of rotatable bonds is 7. The number of carbonyl (C=O) groups excluding carboxylic acids is 1. The summed E-state index contributed by atoms with van der Waals surface area (Å²) < 4.78 is 33.5. The average molecular weight is 352 g/mol. The van der Waals surface area contributed by atoms with Crippen LogP contribution in [0.25, 0.3) is 0 Å². The van der Waals surface area contributed by atoms with Gasteiger partial charge in [-0.25, -0.2) is 8.78 Å². The summed E-state index contributed by atoms with van der Waals surface area (Å²) in [4.78, 5) is 11.3. The van der Waals surface area contributed by atoms with Gasteiger partial charge < -0.3 is 15.4 Å². The number of carbonyl (C=O) groups is 1. The Kier molecular flexibility index (Phi) is 5.89. The predicted octanol–water partition coefficient (Wildman–Crippen LogP) is 2.66. The smallest absolute Gasteiger partial charge is 0.224 e. The molecule has 1 aromatic carbocycles. The second kappa shape index (κ2) is 8.13. The van der Waals surface area contributed by atoms with Crippen LogP contribution in [0.3, 0.4) is 0 Å². The highest BCUT2D eigenvalue weighted by Gasteiger charge is 2.42. The summed E-state index contributed by atoms with van der Waals surface area (Å²) in [7, 11) is 1.46. The highest BCUT2D eigenvalue weighted by atomic mass is 19.1. The molecule has 0 spiro atoms. The van der Waals surface area contributed by atoms with Crippen molar-refractivity contribution < 1.29 is 18.3 Å². The van der Waals surface area contributed by atoms with Gasteiger partial charge in [0.05, 0.1) is 13.0 Å². The minimum Gasteiger partial charge on any atom is -0.490 e. The van der Waals surface area contributed by atoms with E-state index in [4.69, 9.17) is 4.74 Å².